The summed E-state index contributed by atoms with van der Waals surface area (Å²) in [4.78, 5) is 8.48. The SMILES string of the molecule is CNC1N=C(N)Nc2c1ncn2C[Se]C(CO)CO. The van der Waals surface area contributed by atoms with Gasteiger partial charge in [0.25, 0.3) is 0 Å². The van der Waals surface area contributed by atoms with E-state index in [1.165, 1.54) is 0 Å². The summed E-state index contributed by atoms with van der Waals surface area (Å²) in [6.45, 7) is 0.00705. The van der Waals surface area contributed by atoms with Crippen LogP contribution in [0.3, 0.4) is 0 Å². The van der Waals surface area contributed by atoms with Crippen molar-refractivity contribution in [3.63, 3.8) is 0 Å². The monoisotopic (exact) mass is 334 g/mol. The third kappa shape index (κ3) is 3.07. The fourth-order valence-electron chi connectivity index (χ4n) is 1.74. The topological polar surface area (TPSA) is 121 Å². The van der Waals surface area contributed by atoms with E-state index < -0.39 is 0 Å². The number of guanidine groups is 1. The van der Waals surface area contributed by atoms with Gasteiger partial charge in [-0.3, -0.25) is 0 Å². The molecule has 1 unspecified atom stereocenters. The third-order valence-corrected chi connectivity index (χ3v) is 5.28. The van der Waals surface area contributed by atoms with Crippen molar-refractivity contribution in [3.05, 3.63) is 12.0 Å². The van der Waals surface area contributed by atoms with Crippen LogP contribution in [0, 0.1) is 0 Å². The van der Waals surface area contributed by atoms with Crippen LogP contribution >= 0.6 is 0 Å². The Bertz CT molecular complexity index is 459. The van der Waals surface area contributed by atoms with E-state index in [0.29, 0.717) is 11.4 Å². The zero-order valence-corrected chi connectivity index (χ0v) is 12.3. The number of nitrogens with zero attached hydrogens (tertiary/aromatic N) is 3. The number of imidazole rings is 1. The van der Waals surface area contributed by atoms with Crippen molar-refractivity contribution >= 4 is 26.7 Å². The normalized spacial score (nSPS) is 18.1. The van der Waals surface area contributed by atoms with Gasteiger partial charge in [0.15, 0.2) is 0 Å². The third-order valence-electron chi connectivity index (χ3n) is 2.77. The number of fused-ring (bicyclic) bond motifs is 1. The van der Waals surface area contributed by atoms with E-state index >= 15 is 0 Å². The van der Waals surface area contributed by atoms with Crippen LogP contribution in [-0.2, 0) is 5.44 Å². The molecule has 0 fully saturated rings. The average Bonchev–Trinajstić information content (AvgIpc) is 2.82. The predicted molar refractivity (Wildman–Crippen MR) is 72.9 cm³/mol. The van der Waals surface area contributed by atoms with Gasteiger partial charge in [0.2, 0.25) is 0 Å². The van der Waals surface area contributed by atoms with Gasteiger partial charge < -0.3 is 0 Å². The number of aromatic nitrogens is 2. The molecule has 8 nitrogen and oxygen atoms in total. The van der Waals surface area contributed by atoms with E-state index in [4.69, 9.17) is 15.9 Å². The molecule has 106 valence electrons. The second kappa shape index (κ2) is 6.36. The molecule has 0 bridgehead atoms. The molecule has 0 aromatic carbocycles. The molecule has 0 aliphatic carbocycles. The van der Waals surface area contributed by atoms with Crippen LogP contribution < -0.4 is 16.4 Å². The first-order valence-corrected chi connectivity index (χ1v) is 8.05. The van der Waals surface area contributed by atoms with Gasteiger partial charge in [-0.1, -0.05) is 0 Å². The Hall–Kier alpha value is -1.12. The van der Waals surface area contributed by atoms with Crippen molar-refractivity contribution in [2.75, 3.05) is 25.6 Å². The van der Waals surface area contributed by atoms with E-state index in [9.17, 15) is 0 Å². The molecule has 19 heavy (non-hydrogen) atoms. The molecule has 1 aliphatic rings. The van der Waals surface area contributed by atoms with Gasteiger partial charge in [0.1, 0.15) is 0 Å². The Balaban J connectivity index is 2.11. The van der Waals surface area contributed by atoms with Crippen LogP contribution in [0.2, 0.25) is 4.82 Å². The minimum absolute atomic E-state index is 0.00353. The summed E-state index contributed by atoms with van der Waals surface area (Å²) in [5.74, 6) is 1.17. The number of hydrogen-bond donors (Lipinski definition) is 5. The standard InChI is InChI=1S/C10H18N6O2Se/c1-12-8-7-9(15-10(11)14-8)16(4-13-7)5-19-6(2-17)3-18/h4,6,8,12,17-18H,2-3,5H2,1H3,(H3,11,14,15). The summed E-state index contributed by atoms with van der Waals surface area (Å²) in [5, 5.41) is 24.2. The summed E-state index contributed by atoms with van der Waals surface area (Å²) >= 11 is 0.0815. The zero-order chi connectivity index (χ0) is 13.8. The van der Waals surface area contributed by atoms with Crippen molar-refractivity contribution in [2.24, 2.45) is 10.7 Å². The molecule has 0 saturated heterocycles. The minimum atomic E-state index is -0.239. The van der Waals surface area contributed by atoms with E-state index in [1.807, 2.05) is 4.57 Å². The van der Waals surface area contributed by atoms with Crippen molar-refractivity contribution in [2.45, 2.75) is 16.4 Å². The van der Waals surface area contributed by atoms with Crippen molar-refractivity contribution in [3.8, 4) is 0 Å². The van der Waals surface area contributed by atoms with Crippen LogP contribution in [-0.4, -0.2) is 60.9 Å². The molecule has 0 spiro atoms. The Labute approximate surface area is 117 Å². The Morgan fingerprint density at radius 3 is 2.95 bits per heavy atom. The van der Waals surface area contributed by atoms with Crippen LogP contribution in [0.5, 0.6) is 0 Å². The van der Waals surface area contributed by atoms with Gasteiger partial charge in [0, 0.05) is 0 Å². The molecule has 0 saturated carbocycles. The Morgan fingerprint density at radius 2 is 2.32 bits per heavy atom. The van der Waals surface area contributed by atoms with Gasteiger partial charge in [-0.05, 0) is 0 Å². The van der Waals surface area contributed by atoms with Crippen molar-refractivity contribution < 1.29 is 10.2 Å². The van der Waals surface area contributed by atoms with Gasteiger partial charge in [0.05, 0.1) is 0 Å². The number of hydrogen-bond acceptors (Lipinski definition) is 7. The predicted octanol–water partition coefficient (Wildman–Crippen LogP) is -1.72. The van der Waals surface area contributed by atoms with Gasteiger partial charge >= 0.3 is 117 Å². The molecule has 2 heterocycles. The first-order valence-electron chi connectivity index (χ1n) is 5.85. The molecule has 6 N–H and O–H groups in total. The number of nitrogens with two attached hydrogens (primary N) is 1. The molecule has 0 amide bonds. The number of aliphatic imine (C=N–C) groups is 1. The maximum absolute atomic E-state index is 9.08. The van der Waals surface area contributed by atoms with E-state index in [-0.39, 0.29) is 39.2 Å². The number of anilines is 1. The molecular weight excluding hydrogens is 315 g/mol. The van der Waals surface area contributed by atoms with Gasteiger partial charge in [-0.25, -0.2) is 0 Å². The van der Waals surface area contributed by atoms with Crippen LogP contribution in [0.4, 0.5) is 5.82 Å². The zero-order valence-electron chi connectivity index (χ0n) is 10.6. The van der Waals surface area contributed by atoms with Crippen molar-refractivity contribution in [1.29, 1.82) is 0 Å². The molecule has 1 aromatic heterocycles. The van der Waals surface area contributed by atoms with Crippen LogP contribution in [0.25, 0.3) is 0 Å². The quantitative estimate of drug-likeness (QED) is 0.395. The van der Waals surface area contributed by atoms with E-state index in [1.54, 1.807) is 13.4 Å². The second-order valence-electron chi connectivity index (χ2n) is 4.06. The second-order valence-corrected chi connectivity index (χ2v) is 6.70. The summed E-state index contributed by atoms with van der Waals surface area (Å²) in [6.07, 6.45) is 1.49. The molecule has 1 aromatic rings. The van der Waals surface area contributed by atoms with E-state index in [0.717, 1.165) is 11.5 Å². The maximum atomic E-state index is 9.08. The summed E-state index contributed by atoms with van der Waals surface area (Å²) in [7, 11) is 1.80. The summed E-state index contributed by atoms with van der Waals surface area (Å²) in [6, 6.07) is 0. The summed E-state index contributed by atoms with van der Waals surface area (Å²) < 4.78 is 1.94. The van der Waals surface area contributed by atoms with Gasteiger partial charge in [-0.15, -0.1) is 0 Å². The molecule has 9 heteroatoms. The van der Waals surface area contributed by atoms with Crippen molar-refractivity contribution in [1.82, 2.24) is 14.9 Å². The van der Waals surface area contributed by atoms with Crippen LogP contribution in [0.1, 0.15) is 11.9 Å². The average molecular weight is 333 g/mol. The Morgan fingerprint density at radius 1 is 1.58 bits per heavy atom. The number of nitrogens with one attached hydrogen (secondary N) is 2. The first kappa shape index (κ1) is 14.3. The molecule has 1 aliphatic heterocycles. The molecule has 0 radical (unpaired) electrons. The Kier molecular flexibility index (Phi) is 4.78. The number of rotatable bonds is 6. The van der Waals surface area contributed by atoms with Crippen LogP contribution in [0.15, 0.2) is 11.3 Å². The number of aliphatic hydroxyl groups is 2. The molecule has 2 rings (SSSR count). The molecule has 1 atom stereocenters. The number of aliphatic hydroxyl groups excluding tert-OH is 2. The summed E-state index contributed by atoms with van der Waals surface area (Å²) in [5.41, 5.74) is 7.24. The van der Waals surface area contributed by atoms with Gasteiger partial charge in [-0.2, -0.15) is 0 Å². The fourth-order valence-corrected chi connectivity index (χ4v) is 3.37. The van der Waals surface area contributed by atoms with E-state index in [2.05, 4.69) is 20.6 Å². The fraction of sp³-hybridized carbons (Fsp3) is 0.600. The first-order chi connectivity index (χ1) is 9.19. The molecular formula is C10H18N6O2Se.